The minimum Gasteiger partial charge on any atom is -0.166 e. The zero-order chi connectivity index (χ0) is 24.1. The van der Waals surface area contributed by atoms with Crippen LogP contribution in [-0.4, -0.2) is 4.33 Å². The maximum Gasteiger partial charge on any atom is 0.416 e. The second-order valence-corrected chi connectivity index (χ2v) is 8.15. The molecule has 0 saturated carbocycles. The summed E-state index contributed by atoms with van der Waals surface area (Å²) in [6.07, 6.45) is -9.25. The molecule has 0 fully saturated rings. The molecular weight excluding hydrogens is 501 g/mol. The third-order valence-electron chi connectivity index (χ3n) is 4.94. The zero-order valence-electron chi connectivity index (χ0n) is 15.7. The van der Waals surface area contributed by atoms with Gasteiger partial charge in [0.1, 0.15) is 0 Å². The summed E-state index contributed by atoms with van der Waals surface area (Å²) in [7, 11) is 0. The molecule has 0 saturated heterocycles. The molecule has 0 spiro atoms. The molecule has 16 heteroatoms. The second-order valence-electron chi connectivity index (χ2n) is 6.83. The lowest BCUT2D eigenvalue weighted by molar-refractivity contribution is -0.138. The van der Waals surface area contributed by atoms with Gasteiger partial charge in [0.2, 0.25) is 4.33 Å². The van der Waals surface area contributed by atoms with Gasteiger partial charge < -0.3 is 0 Å². The van der Waals surface area contributed by atoms with Crippen LogP contribution in [-0.2, 0) is 23.7 Å². The van der Waals surface area contributed by atoms with Crippen LogP contribution in [0.5, 0.6) is 0 Å². The van der Waals surface area contributed by atoms with Gasteiger partial charge in [-0.1, -0.05) is 47.5 Å². The van der Waals surface area contributed by atoms with Crippen molar-refractivity contribution in [1.82, 2.24) is 0 Å². The highest BCUT2D eigenvalue weighted by Gasteiger charge is 2.69. The molecule has 2 aromatic rings. The van der Waals surface area contributed by atoms with Gasteiger partial charge in [-0.3, -0.25) is 0 Å². The highest BCUT2D eigenvalue weighted by atomic mass is 35.5. The first-order valence-corrected chi connectivity index (χ1v) is 9.50. The van der Waals surface area contributed by atoms with E-state index >= 15 is 0 Å². The minimum absolute atomic E-state index is 0.0749. The van der Waals surface area contributed by atoms with Gasteiger partial charge in [0, 0.05) is 11.1 Å². The largest absolute Gasteiger partial charge is 0.416 e. The average Bonchev–Trinajstić information content (AvgIpc) is 3.44. The fourth-order valence-corrected chi connectivity index (χ4v) is 3.99. The van der Waals surface area contributed by atoms with Gasteiger partial charge in [-0.25, -0.2) is 0 Å². The SMILES string of the molecule is FC(F)(F)c1ccc(C2(C(Cl)(Cl)C3(c4ccc(C(F)(F)F)cc4)N=NN=N3)N=NN=N2)cc1. The van der Waals surface area contributed by atoms with Crippen molar-refractivity contribution in [2.24, 2.45) is 41.4 Å². The van der Waals surface area contributed by atoms with E-state index in [1.54, 1.807) is 0 Å². The number of alkyl halides is 8. The van der Waals surface area contributed by atoms with Crippen LogP contribution in [0.1, 0.15) is 22.3 Å². The molecule has 4 rings (SSSR count). The van der Waals surface area contributed by atoms with Gasteiger partial charge in [0.15, 0.2) is 0 Å². The van der Waals surface area contributed by atoms with E-state index < -0.39 is 39.1 Å². The third kappa shape index (κ3) is 3.57. The monoisotopic (exact) mass is 508 g/mol. The fraction of sp³-hybridized carbons (Fsp3) is 0.294. The summed E-state index contributed by atoms with van der Waals surface area (Å²) in [4.78, 5) is 0. The predicted octanol–water partition coefficient (Wildman–Crippen LogP) is 7.57. The average molecular weight is 509 g/mol. The number of hydrogen-bond acceptors (Lipinski definition) is 8. The van der Waals surface area contributed by atoms with Gasteiger partial charge in [0.25, 0.3) is 11.3 Å². The molecule has 172 valence electrons. The van der Waals surface area contributed by atoms with E-state index in [1.807, 2.05) is 0 Å². The van der Waals surface area contributed by atoms with Crippen molar-refractivity contribution >= 4 is 23.2 Å². The quantitative estimate of drug-likeness (QED) is 0.300. The fourth-order valence-electron chi connectivity index (χ4n) is 3.25. The molecule has 0 amide bonds. The predicted molar refractivity (Wildman–Crippen MR) is 100 cm³/mol. The van der Waals surface area contributed by atoms with E-state index in [1.165, 1.54) is 0 Å². The Balaban J connectivity index is 1.85. The molecule has 2 aromatic carbocycles. The summed E-state index contributed by atoms with van der Waals surface area (Å²) >= 11 is 13.4. The lowest BCUT2D eigenvalue weighted by atomic mass is 9.84. The number of hydrogen-bond donors (Lipinski definition) is 0. The summed E-state index contributed by atoms with van der Waals surface area (Å²) in [6.45, 7) is 0. The van der Waals surface area contributed by atoms with Crippen LogP contribution in [0.2, 0.25) is 0 Å². The molecule has 2 aliphatic heterocycles. The Bertz CT molecular complexity index is 1050. The highest BCUT2D eigenvalue weighted by molar-refractivity contribution is 6.50. The smallest absolute Gasteiger partial charge is 0.166 e. The van der Waals surface area contributed by atoms with Crippen molar-refractivity contribution in [2.75, 3.05) is 0 Å². The van der Waals surface area contributed by atoms with Crippen LogP contribution in [0.15, 0.2) is 89.9 Å². The topological polar surface area (TPSA) is 98.9 Å². The molecule has 0 aromatic heterocycles. The molecule has 0 aliphatic carbocycles. The summed E-state index contributed by atoms with van der Waals surface area (Å²) in [6, 6.07) is 7.01. The van der Waals surface area contributed by atoms with E-state index in [0.29, 0.717) is 0 Å². The van der Waals surface area contributed by atoms with Crippen LogP contribution in [0.3, 0.4) is 0 Å². The number of nitrogens with zero attached hydrogens (tertiary/aromatic N) is 8. The molecule has 0 atom stereocenters. The maximum atomic E-state index is 13.0. The standard InChI is InChI=1S/C17H8Cl2F6N8/c18-17(19,13(26-30-31-27-13)9-1-5-11(6-2-9)15(20,21)22)14(28-32-33-29-14)10-3-7-12(8-4-10)16(23,24)25/h1-8H. The first-order chi connectivity index (χ1) is 15.3. The van der Waals surface area contributed by atoms with Crippen molar-refractivity contribution in [3.05, 3.63) is 70.8 Å². The second kappa shape index (κ2) is 7.52. The van der Waals surface area contributed by atoms with Crippen LogP contribution in [0.4, 0.5) is 26.3 Å². The molecular formula is C17H8Cl2F6N8. The maximum absolute atomic E-state index is 13.0. The highest BCUT2D eigenvalue weighted by Crippen LogP contribution is 2.60. The van der Waals surface area contributed by atoms with Crippen molar-refractivity contribution in [1.29, 1.82) is 0 Å². The van der Waals surface area contributed by atoms with Crippen LogP contribution in [0, 0.1) is 0 Å². The molecule has 0 N–H and O–H groups in total. The molecule has 2 aliphatic rings. The molecule has 8 nitrogen and oxygen atoms in total. The molecule has 0 unspecified atom stereocenters. The lowest BCUT2D eigenvalue weighted by Gasteiger charge is -2.40. The van der Waals surface area contributed by atoms with Gasteiger partial charge in [-0.05, 0) is 45.2 Å². The Morgan fingerprint density at radius 2 is 0.788 bits per heavy atom. The van der Waals surface area contributed by atoms with Crippen LogP contribution in [0.25, 0.3) is 0 Å². The van der Waals surface area contributed by atoms with E-state index in [-0.39, 0.29) is 11.1 Å². The number of halogens is 8. The van der Waals surface area contributed by atoms with Gasteiger partial charge >= 0.3 is 12.4 Å². The Labute approximate surface area is 190 Å². The summed E-state index contributed by atoms with van der Waals surface area (Å²) < 4.78 is 75.5. The van der Waals surface area contributed by atoms with Crippen LogP contribution >= 0.6 is 23.2 Å². The summed E-state index contributed by atoms with van der Waals surface area (Å²) in [5, 5.41) is 28.9. The van der Waals surface area contributed by atoms with Gasteiger partial charge in [-0.2, -0.15) is 26.3 Å². The van der Waals surface area contributed by atoms with Crippen molar-refractivity contribution in [3.8, 4) is 0 Å². The third-order valence-corrected chi connectivity index (χ3v) is 6.00. The Kier molecular flexibility index (Phi) is 5.28. The first kappa shape index (κ1) is 23.2. The lowest BCUT2D eigenvalue weighted by Crippen LogP contribution is -2.53. The van der Waals surface area contributed by atoms with E-state index in [0.717, 1.165) is 48.5 Å². The molecule has 0 radical (unpaired) electrons. The minimum atomic E-state index is -4.63. The molecule has 2 heterocycles. The first-order valence-electron chi connectivity index (χ1n) is 8.75. The van der Waals surface area contributed by atoms with E-state index in [9.17, 15) is 26.3 Å². The van der Waals surface area contributed by atoms with Gasteiger partial charge in [0.05, 0.1) is 11.1 Å². The van der Waals surface area contributed by atoms with E-state index in [2.05, 4.69) is 41.4 Å². The number of rotatable bonds is 4. The Hall–Kier alpha value is -3.00. The van der Waals surface area contributed by atoms with E-state index in [4.69, 9.17) is 23.2 Å². The number of benzene rings is 2. The van der Waals surface area contributed by atoms with Crippen LogP contribution < -0.4 is 0 Å². The van der Waals surface area contributed by atoms with Crippen molar-refractivity contribution < 1.29 is 26.3 Å². The summed E-state index contributed by atoms with van der Waals surface area (Å²) in [5.41, 5.74) is -6.47. The molecule has 0 bridgehead atoms. The van der Waals surface area contributed by atoms with Gasteiger partial charge in [-0.15, -0.1) is 20.5 Å². The normalized spacial score (nSPS) is 18.9. The van der Waals surface area contributed by atoms with Crippen molar-refractivity contribution in [2.45, 2.75) is 28.0 Å². The Morgan fingerprint density at radius 1 is 0.515 bits per heavy atom. The van der Waals surface area contributed by atoms with Crippen molar-refractivity contribution in [3.63, 3.8) is 0 Å². The zero-order valence-corrected chi connectivity index (χ0v) is 17.2. The summed E-state index contributed by atoms with van der Waals surface area (Å²) in [5.74, 6) is 0. The Morgan fingerprint density at radius 3 is 1.03 bits per heavy atom. The molecule has 33 heavy (non-hydrogen) atoms.